The molecule has 1 aromatic heterocycles. The van der Waals surface area contributed by atoms with E-state index < -0.39 is 0 Å². The number of anilines is 1. The average molecular weight is 233 g/mol. The van der Waals surface area contributed by atoms with Crippen molar-refractivity contribution in [3.05, 3.63) is 22.2 Å². The molecule has 2 fully saturated rings. The largest absolute Gasteiger partial charge is 0.349 e. The van der Waals surface area contributed by atoms with Gasteiger partial charge in [0.15, 0.2) is 5.78 Å². The highest BCUT2D eigenvalue weighted by Gasteiger charge is 2.27. The van der Waals surface area contributed by atoms with Gasteiger partial charge in [-0.25, -0.2) is 4.98 Å². The van der Waals surface area contributed by atoms with Gasteiger partial charge < -0.3 is 9.88 Å². The van der Waals surface area contributed by atoms with Crippen LogP contribution in [-0.2, 0) is 4.79 Å². The van der Waals surface area contributed by atoms with Crippen molar-refractivity contribution in [2.75, 3.05) is 18.0 Å². The number of hydrogen-bond acceptors (Lipinski definition) is 4. The van der Waals surface area contributed by atoms with Crippen LogP contribution in [0.15, 0.2) is 10.9 Å². The Bertz CT molecular complexity index is 505. The first-order chi connectivity index (χ1) is 8.22. The van der Waals surface area contributed by atoms with Crippen LogP contribution < -0.4 is 10.5 Å². The maximum atomic E-state index is 11.6. The van der Waals surface area contributed by atoms with Gasteiger partial charge in [0, 0.05) is 24.9 Å². The lowest BCUT2D eigenvalue weighted by Crippen LogP contribution is -2.37. The zero-order chi connectivity index (χ0) is 11.8. The summed E-state index contributed by atoms with van der Waals surface area (Å²) in [6, 6.07) is 1.49. The summed E-state index contributed by atoms with van der Waals surface area (Å²) >= 11 is 0. The fourth-order valence-corrected chi connectivity index (χ4v) is 2.21. The van der Waals surface area contributed by atoms with Gasteiger partial charge in [0.05, 0.1) is 6.54 Å². The third-order valence-corrected chi connectivity index (χ3v) is 3.29. The van der Waals surface area contributed by atoms with E-state index in [1.165, 1.54) is 6.07 Å². The molecule has 1 aliphatic carbocycles. The summed E-state index contributed by atoms with van der Waals surface area (Å²) in [6.45, 7) is 1.20. The van der Waals surface area contributed by atoms with Crippen LogP contribution >= 0.6 is 0 Å². The molecule has 2 aliphatic rings. The van der Waals surface area contributed by atoms with Gasteiger partial charge in [0.2, 0.25) is 0 Å². The van der Waals surface area contributed by atoms with Crippen LogP contribution in [0.3, 0.4) is 0 Å². The SMILES string of the molecule is O=C1CCCN(c2cc(=O)[nH]c(C3CC3)n2)C1. The first-order valence-electron chi connectivity index (χ1n) is 6.10. The van der Waals surface area contributed by atoms with Crippen LogP contribution in [0.25, 0.3) is 0 Å². The summed E-state index contributed by atoms with van der Waals surface area (Å²) in [7, 11) is 0. The Labute approximate surface area is 98.9 Å². The maximum absolute atomic E-state index is 11.6. The number of Topliss-reactive ketones (excluding diaryl/α,β-unsaturated/α-hetero) is 1. The normalized spacial score (nSPS) is 20.7. The highest BCUT2D eigenvalue weighted by atomic mass is 16.1. The second-order valence-corrected chi connectivity index (χ2v) is 4.83. The predicted octanol–water partition coefficient (Wildman–Crippen LogP) is 0.817. The van der Waals surface area contributed by atoms with Crippen LogP contribution in [0.5, 0.6) is 0 Å². The van der Waals surface area contributed by atoms with Crippen molar-refractivity contribution in [3.8, 4) is 0 Å². The lowest BCUT2D eigenvalue weighted by Gasteiger charge is -2.26. The summed E-state index contributed by atoms with van der Waals surface area (Å²) in [5, 5.41) is 0. The van der Waals surface area contributed by atoms with Crippen molar-refractivity contribution >= 4 is 11.6 Å². The monoisotopic (exact) mass is 233 g/mol. The van der Waals surface area contributed by atoms with E-state index in [4.69, 9.17) is 0 Å². The Morgan fingerprint density at radius 1 is 1.35 bits per heavy atom. The second kappa shape index (κ2) is 3.98. The summed E-state index contributed by atoms with van der Waals surface area (Å²) in [4.78, 5) is 32.1. The molecule has 0 bridgehead atoms. The van der Waals surface area contributed by atoms with Gasteiger partial charge in [-0.2, -0.15) is 0 Å². The van der Waals surface area contributed by atoms with Gasteiger partial charge in [-0.1, -0.05) is 0 Å². The molecule has 5 nitrogen and oxygen atoms in total. The van der Waals surface area contributed by atoms with E-state index >= 15 is 0 Å². The molecule has 1 saturated carbocycles. The van der Waals surface area contributed by atoms with E-state index in [0.717, 1.165) is 31.6 Å². The molecule has 0 amide bonds. The molecule has 17 heavy (non-hydrogen) atoms. The Hall–Kier alpha value is -1.65. The van der Waals surface area contributed by atoms with E-state index in [-0.39, 0.29) is 11.3 Å². The van der Waals surface area contributed by atoms with Crippen molar-refractivity contribution in [3.63, 3.8) is 0 Å². The van der Waals surface area contributed by atoms with Crippen molar-refractivity contribution in [2.24, 2.45) is 0 Å². The number of ketones is 1. The number of nitrogens with one attached hydrogen (secondary N) is 1. The smallest absolute Gasteiger partial charge is 0.252 e. The quantitative estimate of drug-likeness (QED) is 0.821. The molecule has 0 unspecified atom stereocenters. The van der Waals surface area contributed by atoms with Crippen LogP contribution in [-0.4, -0.2) is 28.8 Å². The third-order valence-electron chi connectivity index (χ3n) is 3.29. The Balaban J connectivity index is 1.90. The molecule has 0 atom stereocenters. The molecule has 0 aromatic carbocycles. The van der Waals surface area contributed by atoms with Gasteiger partial charge in [0.25, 0.3) is 5.56 Å². The molecule has 1 saturated heterocycles. The summed E-state index contributed by atoms with van der Waals surface area (Å²) in [6.07, 6.45) is 3.71. The molecule has 1 N–H and O–H groups in total. The highest BCUT2D eigenvalue weighted by Crippen LogP contribution is 2.37. The third kappa shape index (κ3) is 2.23. The predicted molar refractivity (Wildman–Crippen MR) is 63.3 cm³/mol. The van der Waals surface area contributed by atoms with Gasteiger partial charge in [0.1, 0.15) is 11.6 Å². The van der Waals surface area contributed by atoms with Crippen molar-refractivity contribution in [2.45, 2.75) is 31.6 Å². The van der Waals surface area contributed by atoms with Crippen LogP contribution in [0.1, 0.15) is 37.4 Å². The second-order valence-electron chi connectivity index (χ2n) is 4.83. The molecule has 3 rings (SSSR count). The number of carbonyl (C=O) groups excluding carboxylic acids is 1. The first-order valence-corrected chi connectivity index (χ1v) is 6.10. The summed E-state index contributed by atoms with van der Waals surface area (Å²) in [5.41, 5.74) is -0.116. The number of rotatable bonds is 2. The Morgan fingerprint density at radius 2 is 2.18 bits per heavy atom. The standard InChI is InChI=1S/C12H15N3O2/c16-9-2-1-5-15(7-9)10-6-11(17)14-12(13-10)8-3-4-8/h6,8H,1-5,7H2,(H,13,14,17). The van der Waals surface area contributed by atoms with Crippen molar-refractivity contribution in [1.82, 2.24) is 9.97 Å². The number of carbonyl (C=O) groups is 1. The van der Waals surface area contributed by atoms with Crippen molar-refractivity contribution < 1.29 is 4.79 Å². The van der Waals surface area contributed by atoms with E-state index in [9.17, 15) is 9.59 Å². The fraction of sp³-hybridized carbons (Fsp3) is 0.583. The molecule has 0 spiro atoms. The summed E-state index contributed by atoms with van der Waals surface area (Å²) in [5.74, 6) is 2.09. The zero-order valence-electron chi connectivity index (χ0n) is 9.61. The lowest BCUT2D eigenvalue weighted by atomic mass is 10.1. The number of aromatic amines is 1. The molecule has 1 aromatic rings. The highest BCUT2D eigenvalue weighted by molar-refractivity contribution is 5.84. The van der Waals surface area contributed by atoms with Gasteiger partial charge in [-0.05, 0) is 19.3 Å². The number of H-pyrrole nitrogens is 1. The molecule has 1 aliphatic heterocycles. The van der Waals surface area contributed by atoms with Gasteiger partial charge >= 0.3 is 0 Å². The first kappa shape index (κ1) is 10.5. The minimum Gasteiger partial charge on any atom is -0.349 e. The molecular weight excluding hydrogens is 218 g/mol. The lowest BCUT2D eigenvalue weighted by molar-refractivity contribution is -0.118. The minimum atomic E-state index is -0.116. The van der Waals surface area contributed by atoms with Crippen molar-refractivity contribution in [1.29, 1.82) is 0 Å². The van der Waals surface area contributed by atoms with E-state index in [1.54, 1.807) is 0 Å². The molecule has 5 heteroatoms. The maximum Gasteiger partial charge on any atom is 0.252 e. The fourth-order valence-electron chi connectivity index (χ4n) is 2.21. The molecule has 2 heterocycles. The zero-order valence-corrected chi connectivity index (χ0v) is 9.61. The van der Waals surface area contributed by atoms with E-state index in [0.29, 0.717) is 24.7 Å². The number of piperidine rings is 1. The Morgan fingerprint density at radius 3 is 2.88 bits per heavy atom. The average Bonchev–Trinajstić information content (AvgIpc) is 3.12. The number of aromatic nitrogens is 2. The van der Waals surface area contributed by atoms with Gasteiger partial charge in [-0.3, -0.25) is 9.59 Å². The topological polar surface area (TPSA) is 66.1 Å². The number of hydrogen-bond donors (Lipinski definition) is 1. The Kier molecular flexibility index (Phi) is 2.46. The number of nitrogens with zero attached hydrogens (tertiary/aromatic N) is 2. The van der Waals surface area contributed by atoms with Crippen LogP contribution in [0.4, 0.5) is 5.82 Å². The summed E-state index contributed by atoms with van der Waals surface area (Å²) < 4.78 is 0. The molecule has 0 radical (unpaired) electrons. The van der Waals surface area contributed by atoms with E-state index in [2.05, 4.69) is 9.97 Å². The molecule has 90 valence electrons. The van der Waals surface area contributed by atoms with E-state index in [1.807, 2.05) is 4.90 Å². The van der Waals surface area contributed by atoms with Crippen LogP contribution in [0.2, 0.25) is 0 Å². The minimum absolute atomic E-state index is 0.116. The van der Waals surface area contributed by atoms with Gasteiger partial charge in [-0.15, -0.1) is 0 Å². The molecular formula is C12H15N3O2. The van der Waals surface area contributed by atoms with Crippen LogP contribution in [0, 0.1) is 0 Å².